The van der Waals surface area contributed by atoms with Crippen LogP contribution in [0.1, 0.15) is 11.4 Å². The fraction of sp³-hybridized carbons (Fsp3) is 0.261. The quantitative estimate of drug-likeness (QED) is 0.500. The molecular weight excluding hydrogens is 417 g/mol. The molecule has 0 radical (unpaired) electrons. The molecule has 0 saturated carbocycles. The van der Waals surface area contributed by atoms with Crippen LogP contribution in [-0.2, 0) is 17.6 Å². The van der Waals surface area contributed by atoms with Gasteiger partial charge in [-0.1, -0.05) is 23.7 Å². The van der Waals surface area contributed by atoms with Crippen molar-refractivity contribution in [3.63, 3.8) is 0 Å². The highest BCUT2D eigenvalue weighted by atomic mass is 35.5. The van der Waals surface area contributed by atoms with Crippen LogP contribution in [0.3, 0.4) is 0 Å². The minimum atomic E-state index is -0.226. The first-order valence-electron chi connectivity index (χ1n) is 10.2. The second-order valence-electron chi connectivity index (χ2n) is 7.52. The normalized spacial score (nSPS) is 14.3. The Balaban J connectivity index is 1.39. The number of nitrogens with one attached hydrogen (secondary N) is 1. The molecule has 1 fully saturated rings. The van der Waals surface area contributed by atoms with Gasteiger partial charge in [0.25, 0.3) is 0 Å². The number of rotatable bonds is 5. The Morgan fingerprint density at radius 3 is 2.65 bits per heavy atom. The second-order valence-corrected chi connectivity index (χ2v) is 7.93. The highest BCUT2D eigenvalue weighted by molar-refractivity contribution is 6.33. The molecule has 5 rings (SSSR count). The second kappa shape index (κ2) is 8.61. The van der Waals surface area contributed by atoms with Gasteiger partial charge in [-0.15, -0.1) is 0 Å². The van der Waals surface area contributed by atoms with Crippen LogP contribution in [-0.4, -0.2) is 46.2 Å². The summed E-state index contributed by atoms with van der Waals surface area (Å²) < 4.78 is 18.5. The Hall–Kier alpha value is -3.03. The maximum atomic E-state index is 13.1. The maximum absolute atomic E-state index is 13.1. The lowest BCUT2D eigenvalue weighted by Crippen LogP contribution is -2.36. The highest BCUT2D eigenvalue weighted by Gasteiger charge is 2.16. The Labute approximate surface area is 184 Å². The van der Waals surface area contributed by atoms with Crippen molar-refractivity contribution in [3.05, 3.63) is 71.0 Å². The van der Waals surface area contributed by atoms with Crippen molar-refractivity contribution in [2.45, 2.75) is 12.8 Å². The smallest absolute Gasteiger partial charge is 0.157 e. The number of halogens is 2. The van der Waals surface area contributed by atoms with Crippen LogP contribution < -0.4 is 4.90 Å². The molecule has 4 heterocycles. The number of aromatic nitrogens is 4. The fourth-order valence-corrected chi connectivity index (χ4v) is 3.95. The summed E-state index contributed by atoms with van der Waals surface area (Å²) in [5, 5.41) is 0.574. The third-order valence-corrected chi connectivity index (χ3v) is 5.74. The Morgan fingerprint density at radius 2 is 1.84 bits per heavy atom. The lowest BCUT2D eigenvalue weighted by molar-refractivity contribution is 0.122. The lowest BCUT2D eigenvalue weighted by atomic mass is 10.1. The number of ether oxygens (including phenoxy) is 1. The zero-order chi connectivity index (χ0) is 21.2. The predicted molar refractivity (Wildman–Crippen MR) is 119 cm³/mol. The van der Waals surface area contributed by atoms with E-state index in [0.29, 0.717) is 24.7 Å². The summed E-state index contributed by atoms with van der Waals surface area (Å²) in [5.41, 5.74) is 4.35. The number of hydrogen-bond donors (Lipinski definition) is 1. The molecule has 0 amide bonds. The van der Waals surface area contributed by atoms with Gasteiger partial charge < -0.3 is 14.6 Å². The minimum absolute atomic E-state index is 0.226. The summed E-state index contributed by atoms with van der Waals surface area (Å²) in [6.45, 7) is 3.01. The maximum Gasteiger partial charge on any atom is 0.157 e. The first-order valence-corrected chi connectivity index (χ1v) is 10.6. The molecule has 1 aliphatic heterocycles. The van der Waals surface area contributed by atoms with Crippen molar-refractivity contribution in [3.8, 4) is 11.1 Å². The molecule has 4 aromatic rings. The molecule has 6 nitrogen and oxygen atoms in total. The summed E-state index contributed by atoms with van der Waals surface area (Å²) in [6.07, 6.45) is 4.97. The van der Waals surface area contributed by atoms with Crippen LogP contribution in [0.4, 0.5) is 10.2 Å². The fourth-order valence-electron chi connectivity index (χ4n) is 3.74. The third-order valence-electron chi connectivity index (χ3n) is 5.44. The van der Waals surface area contributed by atoms with Gasteiger partial charge in [0, 0.05) is 43.0 Å². The number of benzene rings is 1. The van der Waals surface area contributed by atoms with E-state index in [1.807, 2.05) is 12.1 Å². The third kappa shape index (κ3) is 4.38. The number of aryl methyl sites for hydroxylation is 2. The van der Waals surface area contributed by atoms with E-state index in [0.717, 1.165) is 59.0 Å². The largest absolute Gasteiger partial charge is 0.378 e. The Bertz CT molecular complexity index is 1200. The SMILES string of the molecule is Fc1ccc(CCc2nc3cc(-c4cc(N5CCOCC5)ncc4Cl)cnc3[nH]2)cc1. The number of H-pyrrole nitrogens is 1. The number of aromatic amines is 1. The molecule has 1 saturated heterocycles. The first kappa shape index (κ1) is 19.9. The average Bonchev–Trinajstić information content (AvgIpc) is 3.22. The molecule has 0 aliphatic carbocycles. The van der Waals surface area contributed by atoms with Crippen molar-refractivity contribution in [2.24, 2.45) is 0 Å². The zero-order valence-electron chi connectivity index (χ0n) is 16.8. The van der Waals surface area contributed by atoms with Crippen LogP contribution >= 0.6 is 11.6 Å². The monoisotopic (exact) mass is 437 g/mol. The Morgan fingerprint density at radius 1 is 1.03 bits per heavy atom. The summed E-state index contributed by atoms with van der Waals surface area (Å²) in [5.74, 6) is 1.50. The van der Waals surface area contributed by atoms with E-state index in [-0.39, 0.29) is 5.82 Å². The van der Waals surface area contributed by atoms with Gasteiger partial charge in [0.1, 0.15) is 23.0 Å². The molecule has 1 aromatic carbocycles. The molecular formula is C23H21ClFN5O. The van der Waals surface area contributed by atoms with Gasteiger partial charge in [0.05, 0.1) is 18.2 Å². The summed E-state index contributed by atoms with van der Waals surface area (Å²) >= 11 is 6.47. The molecule has 158 valence electrons. The zero-order valence-corrected chi connectivity index (χ0v) is 17.6. The lowest BCUT2D eigenvalue weighted by Gasteiger charge is -2.28. The van der Waals surface area contributed by atoms with Gasteiger partial charge in [0.15, 0.2) is 5.65 Å². The summed E-state index contributed by atoms with van der Waals surface area (Å²) in [7, 11) is 0. The minimum Gasteiger partial charge on any atom is -0.378 e. The van der Waals surface area contributed by atoms with Crippen molar-refractivity contribution in [1.82, 2.24) is 19.9 Å². The number of hydrogen-bond acceptors (Lipinski definition) is 5. The van der Waals surface area contributed by atoms with Gasteiger partial charge in [-0.2, -0.15) is 0 Å². The molecule has 0 bridgehead atoms. The van der Waals surface area contributed by atoms with Crippen molar-refractivity contribution < 1.29 is 9.13 Å². The van der Waals surface area contributed by atoms with Crippen LogP contribution in [0, 0.1) is 5.82 Å². The molecule has 1 aliphatic rings. The van der Waals surface area contributed by atoms with Crippen LogP contribution in [0.2, 0.25) is 5.02 Å². The molecule has 0 atom stereocenters. The molecule has 8 heteroatoms. The molecule has 1 N–H and O–H groups in total. The van der Waals surface area contributed by atoms with E-state index in [4.69, 9.17) is 21.3 Å². The Kier molecular flexibility index (Phi) is 5.53. The van der Waals surface area contributed by atoms with E-state index >= 15 is 0 Å². The standard InChI is InChI=1S/C23H21ClFN5O/c24-19-14-26-22(30-7-9-31-10-8-30)12-18(19)16-11-20-23(27-13-16)29-21(28-20)6-3-15-1-4-17(25)5-2-15/h1-2,4-5,11-14H,3,6-10H2,(H,27,28,29). The summed E-state index contributed by atoms with van der Waals surface area (Å²) in [4.78, 5) is 19.2. The number of fused-ring (bicyclic) bond motifs is 1. The number of pyridine rings is 2. The van der Waals surface area contributed by atoms with Gasteiger partial charge in [-0.25, -0.2) is 19.3 Å². The van der Waals surface area contributed by atoms with E-state index in [1.54, 1.807) is 24.5 Å². The van der Waals surface area contributed by atoms with Gasteiger partial charge in [-0.05, 0) is 36.2 Å². The molecule has 31 heavy (non-hydrogen) atoms. The number of nitrogens with zero attached hydrogens (tertiary/aromatic N) is 4. The summed E-state index contributed by atoms with van der Waals surface area (Å²) in [6, 6.07) is 10.5. The number of imidazole rings is 1. The van der Waals surface area contributed by atoms with Crippen molar-refractivity contribution >= 4 is 28.6 Å². The first-order chi connectivity index (χ1) is 15.2. The van der Waals surface area contributed by atoms with E-state index in [9.17, 15) is 4.39 Å². The van der Waals surface area contributed by atoms with Crippen molar-refractivity contribution in [1.29, 1.82) is 0 Å². The number of morpholine rings is 1. The van der Waals surface area contributed by atoms with Crippen molar-refractivity contribution in [2.75, 3.05) is 31.2 Å². The van der Waals surface area contributed by atoms with Crippen LogP contribution in [0.15, 0.2) is 48.8 Å². The van der Waals surface area contributed by atoms with Crippen LogP contribution in [0.5, 0.6) is 0 Å². The van der Waals surface area contributed by atoms with Gasteiger partial charge >= 0.3 is 0 Å². The molecule has 0 unspecified atom stereocenters. The highest BCUT2D eigenvalue weighted by Crippen LogP contribution is 2.31. The van der Waals surface area contributed by atoms with E-state index in [1.165, 1.54) is 12.1 Å². The predicted octanol–water partition coefficient (Wildman–Crippen LogP) is 4.43. The van der Waals surface area contributed by atoms with Crippen LogP contribution in [0.25, 0.3) is 22.3 Å². The molecule has 0 spiro atoms. The van der Waals surface area contributed by atoms with E-state index < -0.39 is 0 Å². The van der Waals surface area contributed by atoms with E-state index in [2.05, 4.69) is 19.9 Å². The molecule has 3 aromatic heterocycles. The topological polar surface area (TPSA) is 66.9 Å². The number of anilines is 1. The van der Waals surface area contributed by atoms with Gasteiger partial charge in [0.2, 0.25) is 0 Å². The van der Waals surface area contributed by atoms with Gasteiger partial charge in [-0.3, -0.25) is 0 Å². The average molecular weight is 438 g/mol.